The zero-order chi connectivity index (χ0) is 12.3. The van der Waals surface area contributed by atoms with Gasteiger partial charge >= 0.3 is 0 Å². The quantitative estimate of drug-likeness (QED) is 0.848. The normalized spacial score (nSPS) is 16.2. The number of hydrogen-bond donors (Lipinski definition) is 1. The third-order valence-corrected chi connectivity index (χ3v) is 3.30. The lowest BCUT2D eigenvalue weighted by Crippen LogP contribution is -2.30. The van der Waals surface area contributed by atoms with E-state index < -0.39 is 0 Å². The van der Waals surface area contributed by atoms with Gasteiger partial charge in [-0.05, 0) is 56.2 Å². The van der Waals surface area contributed by atoms with Crippen LogP contribution in [0, 0.1) is 0 Å². The molecular weight excluding hydrogens is 210 g/mol. The highest BCUT2D eigenvalue weighted by atomic mass is 16.5. The Morgan fingerprint density at radius 2 is 2.00 bits per heavy atom. The predicted octanol–water partition coefficient (Wildman–Crippen LogP) is 2.47. The average molecular weight is 233 g/mol. The Morgan fingerprint density at radius 1 is 1.24 bits per heavy atom. The molecule has 94 valence electrons. The second-order valence-corrected chi connectivity index (χ2v) is 5.30. The molecule has 0 bridgehead atoms. The molecule has 1 aromatic rings. The SMILES string of the molecule is CC(C)OCC(N)Cc1ccc2c(c1)CCC2. The van der Waals surface area contributed by atoms with Crippen LogP contribution < -0.4 is 5.73 Å². The van der Waals surface area contributed by atoms with Crippen molar-refractivity contribution in [1.82, 2.24) is 0 Å². The van der Waals surface area contributed by atoms with Crippen molar-refractivity contribution in [2.75, 3.05) is 6.61 Å². The second kappa shape index (κ2) is 5.65. The highest BCUT2D eigenvalue weighted by Crippen LogP contribution is 2.23. The van der Waals surface area contributed by atoms with E-state index in [0.717, 1.165) is 6.42 Å². The summed E-state index contributed by atoms with van der Waals surface area (Å²) in [6.07, 6.45) is 4.97. The molecule has 2 rings (SSSR count). The standard InChI is InChI=1S/C15H23NO/c1-11(2)17-10-15(16)9-12-6-7-13-4-3-5-14(13)8-12/h6-8,11,15H,3-5,9-10,16H2,1-2H3. The van der Waals surface area contributed by atoms with Crippen LogP contribution in [-0.2, 0) is 24.0 Å². The van der Waals surface area contributed by atoms with Crippen molar-refractivity contribution in [3.63, 3.8) is 0 Å². The van der Waals surface area contributed by atoms with E-state index in [0.29, 0.717) is 6.61 Å². The minimum atomic E-state index is 0.108. The molecule has 0 saturated carbocycles. The molecule has 0 saturated heterocycles. The molecule has 17 heavy (non-hydrogen) atoms. The van der Waals surface area contributed by atoms with Crippen LogP contribution in [0.3, 0.4) is 0 Å². The molecule has 1 aliphatic carbocycles. The van der Waals surface area contributed by atoms with Gasteiger partial charge in [-0.2, -0.15) is 0 Å². The summed E-state index contributed by atoms with van der Waals surface area (Å²) in [5.74, 6) is 0. The molecule has 0 radical (unpaired) electrons. The molecule has 2 heteroatoms. The third kappa shape index (κ3) is 3.55. The first kappa shape index (κ1) is 12.6. The van der Waals surface area contributed by atoms with Gasteiger partial charge in [0.2, 0.25) is 0 Å². The van der Waals surface area contributed by atoms with Gasteiger partial charge in [0.15, 0.2) is 0 Å². The van der Waals surface area contributed by atoms with E-state index in [1.54, 1.807) is 0 Å². The van der Waals surface area contributed by atoms with E-state index in [9.17, 15) is 0 Å². The van der Waals surface area contributed by atoms with Crippen LogP contribution in [0.5, 0.6) is 0 Å². The summed E-state index contributed by atoms with van der Waals surface area (Å²) in [6.45, 7) is 4.74. The van der Waals surface area contributed by atoms with Crippen molar-refractivity contribution in [3.05, 3.63) is 34.9 Å². The minimum Gasteiger partial charge on any atom is -0.377 e. The molecule has 1 aliphatic rings. The lowest BCUT2D eigenvalue weighted by Gasteiger charge is -2.15. The Balaban J connectivity index is 1.90. The average Bonchev–Trinajstić information content (AvgIpc) is 2.73. The first-order valence-electron chi connectivity index (χ1n) is 6.63. The van der Waals surface area contributed by atoms with Crippen molar-refractivity contribution in [2.45, 2.75) is 51.7 Å². The van der Waals surface area contributed by atoms with Gasteiger partial charge in [-0.15, -0.1) is 0 Å². The molecule has 1 atom stereocenters. The van der Waals surface area contributed by atoms with Crippen LogP contribution in [0.1, 0.15) is 37.0 Å². The summed E-state index contributed by atoms with van der Waals surface area (Å²) < 4.78 is 5.54. The van der Waals surface area contributed by atoms with Crippen molar-refractivity contribution < 1.29 is 4.74 Å². The number of hydrogen-bond acceptors (Lipinski definition) is 2. The molecule has 0 amide bonds. The number of aryl methyl sites for hydroxylation is 2. The van der Waals surface area contributed by atoms with E-state index in [1.807, 2.05) is 13.8 Å². The molecule has 0 heterocycles. The van der Waals surface area contributed by atoms with Gasteiger partial charge in [0, 0.05) is 6.04 Å². The largest absolute Gasteiger partial charge is 0.377 e. The van der Waals surface area contributed by atoms with E-state index in [-0.39, 0.29) is 12.1 Å². The van der Waals surface area contributed by atoms with Crippen LogP contribution in [0.2, 0.25) is 0 Å². The van der Waals surface area contributed by atoms with E-state index in [2.05, 4.69) is 18.2 Å². The van der Waals surface area contributed by atoms with E-state index in [4.69, 9.17) is 10.5 Å². The Labute approximate surface area is 104 Å². The van der Waals surface area contributed by atoms with Gasteiger partial charge in [0.25, 0.3) is 0 Å². The molecule has 1 aromatic carbocycles. The van der Waals surface area contributed by atoms with Gasteiger partial charge in [-0.1, -0.05) is 18.2 Å². The lowest BCUT2D eigenvalue weighted by atomic mass is 10.0. The zero-order valence-corrected chi connectivity index (χ0v) is 10.9. The second-order valence-electron chi connectivity index (χ2n) is 5.30. The van der Waals surface area contributed by atoms with Gasteiger partial charge in [-0.3, -0.25) is 0 Å². The Bertz CT molecular complexity index is 373. The predicted molar refractivity (Wildman–Crippen MR) is 71.2 cm³/mol. The van der Waals surface area contributed by atoms with Gasteiger partial charge < -0.3 is 10.5 Å². The summed E-state index contributed by atoms with van der Waals surface area (Å²) in [7, 11) is 0. The minimum absolute atomic E-state index is 0.108. The van der Waals surface area contributed by atoms with Crippen LogP contribution in [-0.4, -0.2) is 18.8 Å². The van der Waals surface area contributed by atoms with Crippen molar-refractivity contribution >= 4 is 0 Å². The Kier molecular flexibility index (Phi) is 4.19. The molecule has 0 aromatic heterocycles. The monoisotopic (exact) mass is 233 g/mol. The number of nitrogens with two attached hydrogens (primary N) is 1. The highest BCUT2D eigenvalue weighted by molar-refractivity contribution is 5.35. The fraction of sp³-hybridized carbons (Fsp3) is 0.600. The third-order valence-electron chi connectivity index (χ3n) is 3.30. The smallest absolute Gasteiger partial charge is 0.0624 e. The molecule has 2 nitrogen and oxygen atoms in total. The van der Waals surface area contributed by atoms with Crippen LogP contribution in [0.25, 0.3) is 0 Å². The van der Waals surface area contributed by atoms with Crippen LogP contribution >= 0.6 is 0 Å². The maximum Gasteiger partial charge on any atom is 0.0624 e. The first-order valence-corrected chi connectivity index (χ1v) is 6.63. The number of fused-ring (bicyclic) bond motifs is 1. The molecule has 0 spiro atoms. The maximum atomic E-state index is 6.07. The highest BCUT2D eigenvalue weighted by Gasteiger charge is 2.12. The summed E-state index contributed by atoms with van der Waals surface area (Å²) in [5, 5.41) is 0. The molecular formula is C15H23NO. The zero-order valence-electron chi connectivity index (χ0n) is 10.9. The Hall–Kier alpha value is -0.860. The van der Waals surface area contributed by atoms with Gasteiger partial charge in [0.1, 0.15) is 0 Å². The molecule has 0 aliphatic heterocycles. The lowest BCUT2D eigenvalue weighted by molar-refractivity contribution is 0.0684. The van der Waals surface area contributed by atoms with Gasteiger partial charge in [0.05, 0.1) is 12.7 Å². The number of benzene rings is 1. The summed E-state index contributed by atoms with van der Waals surface area (Å²) in [4.78, 5) is 0. The van der Waals surface area contributed by atoms with Crippen molar-refractivity contribution in [2.24, 2.45) is 5.73 Å². The molecule has 1 unspecified atom stereocenters. The number of ether oxygens (including phenoxy) is 1. The fourth-order valence-corrected chi connectivity index (χ4v) is 2.43. The summed E-state index contributed by atoms with van der Waals surface area (Å²) >= 11 is 0. The molecule has 0 fully saturated rings. The summed E-state index contributed by atoms with van der Waals surface area (Å²) in [6, 6.07) is 6.93. The van der Waals surface area contributed by atoms with Gasteiger partial charge in [-0.25, -0.2) is 0 Å². The fourth-order valence-electron chi connectivity index (χ4n) is 2.43. The first-order chi connectivity index (χ1) is 8.15. The molecule has 2 N–H and O–H groups in total. The Morgan fingerprint density at radius 3 is 2.76 bits per heavy atom. The van der Waals surface area contributed by atoms with Crippen LogP contribution in [0.15, 0.2) is 18.2 Å². The van der Waals surface area contributed by atoms with E-state index in [1.165, 1.54) is 36.0 Å². The number of rotatable bonds is 5. The van der Waals surface area contributed by atoms with Crippen molar-refractivity contribution in [3.8, 4) is 0 Å². The maximum absolute atomic E-state index is 6.07. The van der Waals surface area contributed by atoms with Crippen molar-refractivity contribution in [1.29, 1.82) is 0 Å². The van der Waals surface area contributed by atoms with Crippen LogP contribution in [0.4, 0.5) is 0 Å². The van der Waals surface area contributed by atoms with E-state index >= 15 is 0 Å². The topological polar surface area (TPSA) is 35.2 Å². The summed E-state index contributed by atoms with van der Waals surface area (Å²) in [5.41, 5.74) is 10.5.